The van der Waals surface area contributed by atoms with E-state index in [-0.39, 0.29) is 0 Å². The van der Waals surface area contributed by atoms with Crippen molar-refractivity contribution in [1.29, 1.82) is 0 Å². The molecule has 0 aromatic rings. The molecular weight excluding hydrogens is 204 g/mol. The number of likely N-dealkylation sites (tertiary alicyclic amines) is 1. The Hall–Kier alpha value is -0.610. The van der Waals surface area contributed by atoms with Crippen molar-refractivity contribution in [3.8, 4) is 0 Å². The molecule has 0 aliphatic carbocycles. The molecule has 16 heavy (non-hydrogen) atoms. The fraction of sp³-hybridized carbons (Fsp3) is 0.917. The Balaban J connectivity index is 2.23. The van der Waals surface area contributed by atoms with Crippen molar-refractivity contribution < 1.29 is 9.90 Å². The number of carboxylic acids is 1. The van der Waals surface area contributed by atoms with Crippen LogP contribution in [0.3, 0.4) is 0 Å². The van der Waals surface area contributed by atoms with E-state index in [9.17, 15) is 4.79 Å². The summed E-state index contributed by atoms with van der Waals surface area (Å²) >= 11 is 0. The lowest BCUT2D eigenvalue weighted by atomic mass is 9.93. The summed E-state index contributed by atoms with van der Waals surface area (Å²) in [5, 5.41) is 12.3. The number of hydrogen-bond donors (Lipinski definition) is 2. The molecule has 1 fully saturated rings. The Bertz CT molecular complexity index is 235. The Morgan fingerprint density at radius 2 is 2.00 bits per heavy atom. The number of rotatable bonds is 6. The van der Waals surface area contributed by atoms with Gasteiger partial charge in [0.1, 0.15) is 0 Å². The minimum absolute atomic E-state index is 0.358. The van der Waals surface area contributed by atoms with Gasteiger partial charge in [0, 0.05) is 19.1 Å². The maximum Gasteiger partial charge on any atom is 0.310 e. The number of nitrogens with zero attached hydrogens (tertiary/aromatic N) is 1. The van der Waals surface area contributed by atoms with Gasteiger partial charge in [-0.2, -0.15) is 0 Å². The molecule has 1 saturated heterocycles. The molecule has 0 aromatic carbocycles. The molecule has 2 N–H and O–H groups in total. The van der Waals surface area contributed by atoms with Crippen molar-refractivity contribution >= 4 is 5.97 Å². The largest absolute Gasteiger partial charge is 0.481 e. The van der Waals surface area contributed by atoms with E-state index in [1.807, 2.05) is 0 Å². The second kappa shape index (κ2) is 5.64. The third kappa shape index (κ3) is 4.10. The second-order valence-electron chi connectivity index (χ2n) is 5.48. The summed E-state index contributed by atoms with van der Waals surface area (Å²) in [5.41, 5.74) is -0.681. The normalized spacial score (nSPS) is 19.9. The first-order valence-corrected chi connectivity index (χ1v) is 6.11. The van der Waals surface area contributed by atoms with Gasteiger partial charge in [-0.3, -0.25) is 4.79 Å². The minimum atomic E-state index is -0.742. The maximum absolute atomic E-state index is 10.9. The zero-order valence-electron chi connectivity index (χ0n) is 10.6. The highest BCUT2D eigenvalue weighted by Gasteiger charge is 2.27. The monoisotopic (exact) mass is 228 g/mol. The molecule has 4 heteroatoms. The van der Waals surface area contributed by atoms with E-state index in [0.717, 1.165) is 6.54 Å². The van der Waals surface area contributed by atoms with E-state index < -0.39 is 11.4 Å². The van der Waals surface area contributed by atoms with Crippen LogP contribution in [0.4, 0.5) is 0 Å². The van der Waals surface area contributed by atoms with Gasteiger partial charge in [-0.15, -0.1) is 0 Å². The van der Waals surface area contributed by atoms with Gasteiger partial charge in [-0.1, -0.05) is 0 Å². The number of carboxylic acid groups (broad SMARTS) is 1. The first-order valence-electron chi connectivity index (χ1n) is 6.11. The zero-order valence-corrected chi connectivity index (χ0v) is 10.6. The first-order chi connectivity index (χ1) is 7.42. The van der Waals surface area contributed by atoms with Gasteiger partial charge in [-0.05, 0) is 46.7 Å². The van der Waals surface area contributed by atoms with E-state index in [1.165, 1.54) is 25.9 Å². The summed E-state index contributed by atoms with van der Waals surface area (Å²) in [7, 11) is 0. The molecule has 0 bridgehead atoms. The molecular formula is C12H24N2O2. The van der Waals surface area contributed by atoms with Gasteiger partial charge in [0.25, 0.3) is 0 Å². The number of hydrogen-bond acceptors (Lipinski definition) is 3. The van der Waals surface area contributed by atoms with Crippen LogP contribution in [0.25, 0.3) is 0 Å². The molecule has 1 unspecified atom stereocenters. The topological polar surface area (TPSA) is 52.6 Å². The van der Waals surface area contributed by atoms with Gasteiger partial charge in [-0.25, -0.2) is 0 Å². The first kappa shape index (κ1) is 13.5. The highest BCUT2D eigenvalue weighted by atomic mass is 16.4. The predicted octanol–water partition coefficient (Wildman–Crippen LogP) is 1.17. The van der Waals surface area contributed by atoms with Crippen molar-refractivity contribution in [2.24, 2.45) is 5.41 Å². The van der Waals surface area contributed by atoms with E-state index in [1.54, 1.807) is 13.8 Å². The molecule has 1 atom stereocenters. The van der Waals surface area contributed by atoms with Crippen molar-refractivity contribution in [3.63, 3.8) is 0 Å². The lowest BCUT2D eigenvalue weighted by Crippen LogP contribution is -2.44. The molecule has 1 aliphatic rings. The summed E-state index contributed by atoms with van der Waals surface area (Å²) in [6, 6.07) is 0.358. The molecule has 0 saturated carbocycles. The van der Waals surface area contributed by atoms with Gasteiger partial charge in [0.2, 0.25) is 0 Å². The summed E-state index contributed by atoms with van der Waals surface area (Å²) in [6.07, 6.45) is 2.60. The molecule has 4 nitrogen and oxygen atoms in total. The molecule has 0 amide bonds. The Morgan fingerprint density at radius 3 is 2.50 bits per heavy atom. The van der Waals surface area contributed by atoms with Gasteiger partial charge < -0.3 is 15.3 Å². The molecule has 0 spiro atoms. The van der Waals surface area contributed by atoms with Gasteiger partial charge in [0.15, 0.2) is 0 Å². The van der Waals surface area contributed by atoms with Crippen LogP contribution in [-0.4, -0.2) is 48.2 Å². The molecule has 1 heterocycles. The summed E-state index contributed by atoms with van der Waals surface area (Å²) in [4.78, 5) is 13.4. The molecule has 0 aromatic heterocycles. The van der Waals surface area contributed by atoms with Crippen LogP contribution < -0.4 is 5.32 Å². The average molecular weight is 228 g/mol. The highest BCUT2D eigenvalue weighted by molar-refractivity contribution is 5.73. The van der Waals surface area contributed by atoms with Crippen LogP contribution in [0.2, 0.25) is 0 Å². The van der Waals surface area contributed by atoms with E-state index in [4.69, 9.17) is 5.11 Å². The van der Waals surface area contributed by atoms with E-state index in [0.29, 0.717) is 12.6 Å². The Morgan fingerprint density at radius 1 is 1.44 bits per heavy atom. The van der Waals surface area contributed by atoms with Gasteiger partial charge in [0.05, 0.1) is 5.41 Å². The Kier molecular flexibility index (Phi) is 4.74. The fourth-order valence-electron chi connectivity index (χ4n) is 1.92. The summed E-state index contributed by atoms with van der Waals surface area (Å²) in [5.74, 6) is -0.742. The van der Waals surface area contributed by atoms with Crippen LogP contribution in [0.15, 0.2) is 0 Å². The quantitative estimate of drug-likeness (QED) is 0.716. The van der Waals surface area contributed by atoms with Crippen LogP contribution >= 0.6 is 0 Å². The van der Waals surface area contributed by atoms with Crippen molar-refractivity contribution in [3.05, 3.63) is 0 Å². The predicted molar refractivity (Wildman–Crippen MR) is 64.6 cm³/mol. The molecule has 0 radical (unpaired) electrons. The van der Waals surface area contributed by atoms with E-state index in [2.05, 4.69) is 17.1 Å². The van der Waals surface area contributed by atoms with Crippen LogP contribution in [0, 0.1) is 5.41 Å². The van der Waals surface area contributed by atoms with Crippen molar-refractivity contribution in [2.45, 2.75) is 39.7 Å². The number of carbonyl (C=O) groups is 1. The van der Waals surface area contributed by atoms with Crippen LogP contribution in [0.1, 0.15) is 33.6 Å². The molecule has 1 aliphatic heterocycles. The van der Waals surface area contributed by atoms with Crippen molar-refractivity contribution in [2.75, 3.05) is 26.2 Å². The number of nitrogens with one attached hydrogen (secondary N) is 1. The molecule has 1 rings (SSSR count). The van der Waals surface area contributed by atoms with Crippen molar-refractivity contribution in [1.82, 2.24) is 10.2 Å². The smallest absolute Gasteiger partial charge is 0.310 e. The second-order valence-corrected chi connectivity index (χ2v) is 5.48. The third-order valence-corrected chi connectivity index (χ3v) is 3.20. The van der Waals surface area contributed by atoms with Crippen LogP contribution in [-0.2, 0) is 4.79 Å². The Labute approximate surface area is 98.0 Å². The van der Waals surface area contributed by atoms with E-state index >= 15 is 0 Å². The summed E-state index contributed by atoms with van der Waals surface area (Å²) in [6.45, 7) is 9.56. The minimum Gasteiger partial charge on any atom is -0.481 e. The molecule has 94 valence electrons. The summed E-state index contributed by atoms with van der Waals surface area (Å²) < 4.78 is 0. The van der Waals surface area contributed by atoms with Crippen LogP contribution in [0.5, 0.6) is 0 Å². The SMILES string of the molecule is CC(CN1CCCC1)NCC(C)(C)C(=O)O. The third-order valence-electron chi connectivity index (χ3n) is 3.20. The number of aliphatic carboxylic acids is 1. The lowest BCUT2D eigenvalue weighted by Gasteiger charge is -2.25. The average Bonchev–Trinajstić information content (AvgIpc) is 2.67. The zero-order chi connectivity index (χ0) is 12.2. The van der Waals surface area contributed by atoms with Gasteiger partial charge >= 0.3 is 5.97 Å². The standard InChI is InChI=1S/C12H24N2O2/c1-10(8-14-6-4-5-7-14)13-9-12(2,3)11(15)16/h10,13H,4-9H2,1-3H3,(H,15,16). The lowest BCUT2D eigenvalue weighted by molar-refractivity contribution is -0.146. The highest BCUT2D eigenvalue weighted by Crippen LogP contribution is 2.14. The maximum atomic E-state index is 10.9. The fourth-order valence-corrected chi connectivity index (χ4v) is 1.92.